The van der Waals surface area contributed by atoms with E-state index >= 15 is 0 Å². The molecule has 0 spiro atoms. The number of rotatable bonds is 6. The molecular weight excluding hydrogens is 362 g/mol. The van der Waals surface area contributed by atoms with Crippen molar-refractivity contribution in [3.05, 3.63) is 83.6 Å². The van der Waals surface area contributed by atoms with Crippen LogP contribution in [-0.2, 0) is 12.0 Å². The normalized spacial score (nSPS) is 11.0. The molecule has 0 aliphatic carbocycles. The van der Waals surface area contributed by atoms with Gasteiger partial charge in [0, 0.05) is 24.0 Å². The van der Waals surface area contributed by atoms with E-state index in [0.717, 1.165) is 22.6 Å². The fourth-order valence-electron chi connectivity index (χ4n) is 3.05. The van der Waals surface area contributed by atoms with E-state index in [-0.39, 0.29) is 11.3 Å². The lowest BCUT2D eigenvalue weighted by Crippen LogP contribution is -2.19. The number of nitrogens with zero attached hydrogens (tertiary/aromatic N) is 1. The second-order valence-electron chi connectivity index (χ2n) is 7.88. The van der Waals surface area contributed by atoms with E-state index in [1.807, 2.05) is 48.5 Å². The molecular formula is C24H27N3O2. The Morgan fingerprint density at radius 1 is 1.03 bits per heavy atom. The molecule has 1 aromatic heterocycles. The zero-order valence-electron chi connectivity index (χ0n) is 17.3. The van der Waals surface area contributed by atoms with E-state index in [1.54, 1.807) is 25.4 Å². The Kier molecular flexibility index (Phi) is 6.17. The van der Waals surface area contributed by atoms with Crippen molar-refractivity contribution in [2.75, 3.05) is 17.7 Å². The van der Waals surface area contributed by atoms with Crippen LogP contribution in [0, 0.1) is 0 Å². The molecule has 3 rings (SSSR count). The number of ether oxygens (including phenoxy) is 1. The average Bonchev–Trinajstić information content (AvgIpc) is 2.72. The Balaban J connectivity index is 1.70. The summed E-state index contributed by atoms with van der Waals surface area (Å²) in [6.07, 6.45) is 1.64. The van der Waals surface area contributed by atoms with Gasteiger partial charge in [0.15, 0.2) is 0 Å². The van der Waals surface area contributed by atoms with Crippen LogP contribution >= 0.6 is 0 Å². The molecule has 0 atom stereocenters. The molecule has 0 fully saturated rings. The molecule has 2 aromatic carbocycles. The molecule has 29 heavy (non-hydrogen) atoms. The minimum absolute atomic E-state index is 0.0623. The molecule has 5 heteroatoms. The number of anilines is 2. The van der Waals surface area contributed by atoms with E-state index in [0.29, 0.717) is 17.9 Å². The van der Waals surface area contributed by atoms with Gasteiger partial charge in [0.1, 0.15) is 11.6 Å². The van der Waals surface area contributed by atoms with Crippen LogP contribution in [0.2, 0.25) is 0 Å². The number of aromatic nitrogens is 1. The van der Waals surface area contributed by atoms with E-state index in [4.69, 9.17) is 4.74 Å². The highest BCUT2D eigenvalue weighted by Crippen LogP contribution is 2.29. The molecule has 0 saturated carbocycles. The van der Waals surface area contributed by atoms with Crippen LogP contribution < -0.4 is 15.4 Å². The zero-order valence-corrected chi connectivity index (χ0v) is 17.3. The first-order valence-electron chi connectivity index (χ1n) is 9.60. The van der Waals surface area contributed by atoms with Gasteiger partial charge in [-0.3, -0.25) is 4.79 Å². The van der Waals surface area contributed by atoms with Gasteiger partial charge in [-0.05, 0) is 46.9 Å². The molecule has 3 aromatic rings. The molecule has 0 saturated heterocycles. The summed E-state index contributed by atoms with van der Waals surface area (Å²) >= 11 is 0. The summed E-state index contributed by atoms with van der Waals surface area (Å²) in [5.41, 5.74) is 3.52. The van der Waals surface area contributed by atoms with Gasteiger partial charge in [0.25, 0.3) is 5.91 Å². The molecule has 0 aliphatic rings. The molecule has 1 heterocycles. The predicted octanol–water partition coefficient (Wildman–Crippen LogP) is 5.25. The van der Waals surface area contributed by atoms with Crippen molar-refractivity contribution in [3.8, 4) is 5.75 Å². The van der Waals surface area contributed by atoms with Gasteiger partial charge in [-0.1, -0.05) is 51.1 Å². The molecule has 0 aliphatic heterocycles. The van der Waals surface area contributed by atoms with E-state index in [9.17, 15) is 4.79 Å². The summed E-state index contributed by atoms with van der Waals surface area (Å²) in [7, 11) is 1.65. The van der Waals surface area contributed by atoms with Crippen LogP contribution in [0.5, 0.6) is 5.75 Å². The van der Waals surface area contributed by atoms with Crippen LogP contribution in [0.15, 0.2) is 66.9 Å². The van der Waals surface area contributed by atoms with Crippen LogP contribution in [-0.4, -0.2) is 18.0 Å². The average molecular weight is 389 g/mol. The maximum Gasteiger partial charge on any atom is 0.255 e. The first kappa shape index (κ1) is 20.4. The minimum Gasteiger partial charge on any atom is -0.497 e. The first-order valence-corrected chi connectivity index (χ1v) is 9.60. The number of para-hydroxylation sites is 1. The topological polar surface area (TPSA) is 63.2 Å². The second-order valence-corrected chi connectivity index (χ2v) is 7.88. The smallest absolute Gasteiger partial charge is 0.255 e. The highest BCUT2D eigenvalue weighted by molar-refractivity contribution is 6.05. The largest absolute Gasteiger partial charge is 0.497 e. The van der Waals surface area contributed by atoms with Gasteiger partial charge in [-0.25, -0.2) is 4.98 Å². The standard InChI is InChI=1S/C24H27N3O2/c1-24(2,3)20-7-5-6-8-21(20)27-23(28)18-13-14-25-22(15-18)26-16-17-9-11-19(29-4)12-10-17/h5-15H,16H2,1-4H3,(H,25,26)(H,27,28). The maximum atomic E-state index is 12.8. The second kappa shape index (κ2) is 8.78. The van der Waals surface area contributed by atoms with E-state index < -0.39 is 0 Å². The molecule has 0 unspecified atom stereocenters. The summed E-state index contributed by atoms with van der Waals surface area (Å²) in [5, 5.41) is 6.30. The van der Waals surface area contributed by atoms with Crippen molar-refractivity contribution in [3.63, 3.8) is 0 Å². The van der Waals surface area contributed by atoms with Gasteiger partial charge in [0.2, 0.25) is 0 Å². The van der Waals surface area contributed by atoms with Crippen LogP contribution in [0.3, 0.4) is 0 Å². The summed E-state index contributed by atoms with van der Waals surface area (Å²) in [6.45, 7) is 7.00. The molecule has 0 bridgehead atoms. The van der Waals surface area contributed by atoms with Crippen LogP contribution in [0.1, 0.15) is 42.3 Å². The number of carbonyl (C=O) groups is 1. The summed E-state index contributed by atoms with van der Waals surface area (Å²) < 4.78 is 5.17. The third-order valence-electron chi connectivity index (χ3n) is 4.64. The lowest BCUT2D eigenvalue weighted by Gasteiger charge is -2.23. The number of pyridine rings is 1. The van der Waals surface area contributed by atoms with Gasteiger partial charge in [0.05, 0.1) is 7.11 Å². The first-order chi connectivity index (χ1) is 13.9. The van der Waals surface area contributed by atoms with Crippen molar-refractivity contribution < 1.29 is 9.53 Å². The van der Waals surface area contributed by atoms with Gasteiger partial charge in [-0.15, -0.1) is 0 Å². The summed E-state index contributed by atoms with van der Waals surface area (Å²) in [5.74, 6) is 1.32. The number of nitrogens with one attached hydrogen (secondary N) is 2. The highest BCUT2D eigenvalue weighted by atomic mass is 16.5. The number of carbonyl (C=O) groups excluding carboxylic acids is 1. The van der Waals surface area contributed by atoms with Crippen molar-refractivity contribution in [2.24, 2.45) is 0 Å². The Morgan fingerprint density at radius 3 is 2.45 bits per heavy atom. The van der Waals surface area contributed by atoms with Crippen molar-refractivity contribution in [1.29, 1.82) is 0 Å². The molecule has 150 valence electrons. The van der Waals surface area contributed by atoms with Crippen molar-refractivity contribution >= 4 is 17.4 Å². The molecule has 1 amide bonds. The van der Waals surface area contributed by atoms with Crippen LogP contribution in [0.25, 0.3) is 0 Å². The van der Waals surface area contributed by atoms with E-state index in [1.165, 1.54) is 0 Å². The number of methoxy groups -OCH3 is 1. The van der Waals surface area contributed by atoms with Gasteiger partial charge >= 0.3 is 0 Å². The Labute approximate surface area is 172 Å². The van der Waals surface area contributed by atoms with Crippen molar-refractivity contribution in [1.82, 2.24) is 4.98 Å². The van der Waals surface area contributed by atoms with Crippen molar-refractivity contribution in [2.45, 2.75) is 32.7 Å². The summed E-state index contributed by atoms with van der Waals surface area (Å²) in [6, 6.07) is 19.2. The number of hydrogen-bond donors (Lipinski definition) is 2. The van der Waals surface area contributed by atoms with Gasteiger partial charge < -0.3 is 15.4 Å². The maximum absolute atomic E-state index is 12.8. The number of hydrogen-bond acceptors (Lipinski definition) is 4. The zero-order chi connectivity index (χ0) is 20.9. The molecule has 0 radical (unpaired) electrons. The Morgan fingerprint density at radius 2 is 1.76 bits per heavy atom. The molecule has 5 nitrogen and oxygen atoms in total. The Bertz CT molecular complexity index is 976. The fourth-order valence-corrected chi connectivity index (χ4v) is 3.05. The Hall–Kier alpha value is -3.34. The highest BCUT2D eigenvalue weighted by Gasteiger charge is 2.19. The lowest BCUT2D eigenvalue weighted by molar-refractivity contribution is 0.102. The summed E-state index contributed by atoms with van der Waals surface area (Å²) in [4.78, 5) is 17.1. The quantitative estimate of drug-likeness (QED) is 0.604. The lowest BCUT2D eigenvalue weighted by atomic mass is 9.86. The fraction of sp³-hybridized carbons (Fsp3) is 0.250. The SMILES string of the molecule is COc1ccc(CNc2cc(C(=O)Nc3ccccc3C(C)(C)C)ccn2)cc1. The van der Waals surface area contributed by atoms with Gasteiger partial charge in [-0.2, -0.15) is 0 Å². The number of amides is 1. The number of benzene rings is 2. The van der Waals surface area contributed by atoms with Crippen LogP contribution in [0.4, 0.5) is 11.5 Å². The third-order valence-corrected chi connectivity index (χ3v) is 4.64. The minimum atomic E-state index is -0.156. The third kappa shape index (κ3) is 5.35. The monoisotopic (exact) mass is 389 g/mol. The predicted molar refractivity (Wildman–Crippen MR) is 118 cm³/mol. The molecule has 2 N–H and O–H groups in total. The van der Waals surface area contributed by atoms with E-state index in [2.05, 4.69) is 36.4 Å².